The molecule has 1 amide bonds. The minimum absolute atomic E-state index is 0.0618. The third-order valence-electron chi connectivity index (χ3n) is 1.90. The summed E-state index contributed by atoms with van der Waals surface area (Å²) in [7, 11) is 1.68. The zero-order valence-corrected chi connectivity index (χ0v) is 9.27. The molecule has 0 aromatic carbocycles. The number of amides is 1. The summed E-state index contributed by atoms with van der Waals surface area (Å²) in [6.07, 6.45) is 4.62. The van der Waals surface area contributed by atoms with E-state index in [9.17, 15) is 4.79 Å². The second-order valence-corrected chi connectivity index (χ2v) is 3.33. The number of nitrogens with one attached hydrogen (secondary N) is 2. The first-order chi connectivity index (χ1) is 6.77. The van der Waals surface area contributed by atoms with Gasteiger partial charge in [-0.2, -0.15) is 0 Å². The van der Waals surface area contributed by atoms with Crippen molar-refractivity contribution < 1.29 is 9.53 Å². The van der Waals surface area contributed by atoms with Crippen LogP contribution >= 0.6 is 0 Å². The van der Waals surface area contributed by atoms with Gasteiger partial charge < -0.3 is 10.1 Å². The second-order valence-electron chi connectivity index (χ2n) is 3.33. The standard InChI is InChI=1S/C10H22N2O2/c1-10(13)12-8-6-4-3-5-7-11-9-14-2/h11H,3-9H2,1-2H3,(H,12,13). The van der Waals surface area contributed by atoms with Gasteiger partial charge in [-0.1, -0.05) is 12.8 Å². The van der Waals surface area contributed by atoms with Crippen LogP contribution in [0.1, 0.15) is 32.6 Å². The molecule has 0 aliphatic carbocycles. The number of hydrogen-bond donors (Lipinski definition) is 2. The van der Waals surface area contributed by atoms with E-state index in [1.165, 1.54) is 19.3 Å². The topological polar surface area (TPSA) is 50.4 Å². The maximum atomic E-state index is 10.5. The third-order valence-corrected chi connectivity index (χ3v) is 1.90. The molecule has 0 rings (SSSR count). The van der Waals surface area contributed by atoms with Crippen LogP contribution in [0, 0.1) is 0 Å². The number of hydrogen-bond acceptors (Lipinski definition) is 3. The lowest BCUT2D eigenvalue weighted by Gasteiger charge is -2.03. The lowest BCUT2D eigenvalue weighted by molar-refractivity contribution is -0.118. The maximum absolute atomic E-state index is 10.5. The molecule has 0 saturated carbocycles. The van der Waals surface area contributed by atoms with Crippen LogP contribution in [0.3, 0.4) is 0 Å². The van der Waals surface area contributed by atoms with Gasteiger partial charge in [0.2, 0.25) is 5.91 Å². The quantitative estimate of drug-likeness (QED) is 0.431. The Balaban J connectivity index is 2.88. The predicted octanol–water partition coefficient (Wildman–Crippen LogP) is 0.876. The third kappa shape index (κ3) is 11.4. The second kappa shape index (κ2) is 10.5. The fraction of sp³-hybridized carbons (Fsp3) is 0.900. The maximum Gasteiger partial charge on any atom is 0.216 e. The van der Waals surface area contributed by atoms with Gasteiger partial charge in [0.15, 0.2) is 0 Å². The normalized spacial score (nSPS) is 10.1. The molecule has 4 nitrogen and oxygen atoms in total. The van der Waals surface area contributed by atoms with Crippen molar-refractivity contribution in [3.05, 3.63) is 0 Å². The van der Waals surface area contributed by atoms with Crippen LogP contribution in [0.25, 0.3) is 0 Å². The summed E-state index contributed by atoms with van der Waals surface area (Å²) in [6.45, 7) is 4.00. The van der Waals surface area contributed by atoms with Gasteiger partial charge in [-0.25, -0.2) is 0 Å². The highest BCUT2D eigenvalue weighted by atomic mass is 16.5. The van der Waals surface area contributed by atoms with Crippen LogP contribution in [0.2, 0.25) is 0 Å². The summed E-state index contributed by atoms with van der Waals surface area (Å²) in [5.74, 6) is 0.0618. The molecule has 0 aromatic heterocycles. The molecule has 0 aromatic rings. The first kappa shape index (κ1) is 13.4. The van der Waals surface area contributed by atoms with Crippen molar-refractivity contribution in [1.82, 2.24) is 10.6 Å². The van der Waals surface area contributed by atoms with Crippen LogP contribution in [-0.4, -0.2) is 32.8 Å². The molecular weight excluding hydrogens is 180 g/mol. The Kier molecular flexibility index (Phi) is 10.0. The fourth-order valence-electron chi connectivity index (χ4n) is 1.17. The highest BCUT2D eigenvalue weighted by Crippen LogP contribution is 1.97. The van der Waals surface area contributed by atoms with Crippen LogP contribution in [-0.2, 0) is 9.53 Å². The largest absolute Gasteiger partial charge is 0.370 e. The molecule has 0 radical (unpaired) electrons. The molecule has 0 atom stereocenters. The molecule has 0 saturated heterocycles. The van der Waals surface area contributed by atoms with Crippen LogP contribution in [0.5, 0.6) is 0 Å². The first-order valence-corrected chi connectivity index (χ1v) is 5.21. The van der Waals surface area contributed by atoms with Crippen molar-refractivity contribution in [2.45, 2.75) is 32.6 Å². The van der Waals surface area contributed by atoms with Crippen molar-refractivity contribution in [2.24, 2.45) is 0 Å². The van der Waals surface area contributed by atoms with E-state index < -0.39 is 0 Å². The monoisotopic (exact) mass is 202 g/mol. The van der Waals surface area contributed by atoms with Gasteiger partial charge in [0.05, 0.1) is 6.73 Å². The van der Waals surface area contributed by atoms with E-state index in [1.807, 2.05) is 0 Å². The van der Waals surface area contributed by atoms with E-state index in [0.29, 0.717) is 6.73 Å². The Morgan fingerprint density at radius 3 is 2.36 bits per heavy atom. The smallest absolute Gasteiger partial charge is 0.216 e. The van der Waals surface area contributed by atoms with E-state index in [-0.39, 0.29) is 5.91 Å². The number of carbonyl (C=O) groups is 1. The van der Waals surface area contributed by atoms with Crippen molar-refractivity contribution in [3.8, 4) is 0 Å². The summed E-state index contributed by atoms with van der Waals surface area (Å²) >= 11 is 0. The molecule has 0 spiro atoms. The summed E-state index contributed by atoms with van der Waals surface area (Å²) in [6, 6.07) is 0. The van der Waals surface area contributed by atoms with Crippen LogP contribution in [0.4, 0.5) is 0 Å². The summed E-state index contributed by atoms with van der Waals surface area (Å²) < 4.78 is 4.85. The molecule has 0 bridgehead atoms. The van der Waals surface area contributed by atoms with Crippen LogP contribution in [0.15, 0.2) is 0 Å². The molecule has 0 unspecified atom stereocenters. The Labute approximate surface area is 86.4 Å². The van der Waals surface area contributed by atoms with Gasteiger partial charge in [0, 0.05) is 20.6 Å². The predicted molar refractivity (Wildman–Crippen MR) is 57.0 cm³/mol. The van der Waals surface area contributed by atoms with Gasteiger partial charge in [-0.05, 0) is 19.4 Å². The lowest BCUT2D eigenvalue weighted by atomic mass is 10.2. The van der Waals surface area contributed by atoms with Gasteiger partial charge in [-0.15, -0.1) is 0 Å². The molecule has 84 valence electrons. The van der Waals surface area contributed by atoms with Crippen LogP contribution < -0.4 is 10.6 Å². The Bertz CT molecular complexity index is 140. The average molecular weight is 202 g/mol. The molecule has 0 fully saturated rings. The van der Waals surface area contributed by atoms with E-state index in [0.717, 1.165) is 19.5 Å². The summed E-state index contributed by atoms with van der Waals surface area (Å²) in [5, 5.41) is 5.93. The number of unbranched alkanes of at least 4 members (excludes halogenated alkanes) is 3. The fourth-order valence-corrected chi connectivity index (χ4v) is 1.17. The number of rotatable bonds is 9. The van der Waals surface area contributed by atoms with E-state index in [2.05, 4.69) is 10.6 Å². The van der Waals surface area contributed by atoms with Crippen molar-refractivity contribution >= 4 is 5.91 Å². The number of ether oxygens (including phenoxy) is 1. The van der Waals surface area contributed by atoms with E-state index in [4.69, 9.17) is 4.74 Å². The molecule has 0 aliphatic rings. The van der Waals surface area contributed by atoms with Gasteiger partial charge >= 0.3 is 0 Å². The average Bonchev–Trinajstić information content (AvgIpc) is 2.15. The zero-order valence-electron chi connectivity index (χ0n) is 9.27. The molecule has 2 N–H and O–H groups in total. The van der Waals surface area contributed by atoms with Gasteiger partial charge in [-0.3, -0.25) is 10.1 Å². The highest BCUT2D eigenvalue weighted by molar-refractivity contribution is 5.72. The summed E-state index contributed by atoms with van der Waals surface area (Å²) in [5.41, 5.74) is 0. The molecule has 0 heterocycles. The minimum Gasteiger partial charge on any atom is -0.370 e. The van der Waals surface area contributed by atoms with Gasteiger partial charge in [0.1, 0.15) is 0 Å². The number of carbonyl (C=O) groups excluding carboxylic acids is 1. The van der Waals surface area contributed by atoms with E-state index in [1.54, 1.807) is 14.0 Å². The zero-order chi connectivity index (χ0) is 10.6. The van der Waals surface area contributed by atoms with Crippen molar-refractivity contribution in [1.29, 1.82) is 0 Å². The Morgan fingerprint density at radius 2 is 1.79 bits per heavy atom. The molecular formula is C10H22N2O2. The SMILES string of the molecule is COCNCCCCCCNC(C)=O. The highest BCUT2D eigenvalue weighted by Gasteiger charge is 1.92. The minimum atomic E-state index is 0.0618. The summed E-state index contributed by atoms with van der Waals surface area (Å²) in [4.78, 5) is 10.5. The lowest BCUT2D eigenvalue weighted by Crippen LogP contribution is -2.21. The van der Waals surface area contributed by atoms with Crippen molar-refractivity contribution in [3.63, 3.8) is 0 Å². The molecule has 4 heteroatoms. The van der Waals surface area contributed by atoms with Crippen molar-refractivity contribution in [2.75, 3.05) is 26.9 Å². The first-order valence-electron chi connectivity index (χ1n) is 5.21. The molecule has 0 aliphatic heterocycles. The Morgan fingerprint density at radius 1 is 1.14 bits per heavy atom. The van der Waals surface area contributed by atoms with E-state index >= 15 is 0 Å². The number of methoxy groups -OCH3 is 1. The molecule has 14 heavy (non-hydrogen) atoms. The van der Waals surface area contributed by atoms with Gasteiger partial charge in [0.25, 0.3) is 0 Å². The Hall–Kier alpha value is -0.610.